The first kappa shape index (κ1) is 13.1. The highest BCUT2D eigenvalue weighted by Crippen LogP contribution is 2.41. The number of benzene rings is 1. The van der Waals surface area contributed by atoms with Crippen LogP contribution in [0.15, 0.2) is 22.7 Å². The van der Waals surface area contributed by atoms with Crippen LogP contribution in [0.2, 0.25) is 0 Å². The Balaban J connectivity index is 2.00. The summed E-state index contributed by atoms with van der Waals surface area (Å²) in [6, 6.07) is 4.51. The van der Waals surface area contributed by atoms with Crippen LogP contribution in [0.4, 0.5) is 10.1 Å². The predicted octanol–water partition coefficient (Wildman–Crippen LogP) is 2.87. The molecule has 1 aromatic heterocycles. The highest BCUT2D eigenvalue weighted by atomic mass is 19.1. The van der Waals surface area contributed by atoms with Gasteiger partial charge in [0.15, 0.2) is 0 Å². The number of nitrogen functional groups attached to an aromatic ring is 1. The molecule has 1 fully saturated rings. The van der Waals surface area contributed by atoms with E-state index in [4.69, 9.17) is 15.0 Å². The van der Waals surface area contributed by atoms with Crippen LogP contribution in [0.5, 0.6) is 0 Å². The summed E-state index contributed by atoms with van der Waals surface area (Å²) in [5.41, 5.74) is 5.65. The van der Waals surface area contributed by atoms with Gasteiger partial charge in [-0.1, -0.05) is 11.2 Å². The lowest BCUT2D eigenvalue weighted by Gasteiger charge is -2.22. The van der Waals surface area contributed by atoms with E-state index in [1.165, 1.54) is 6.07 Å². The summed E-state index contributed by atoms with van der Waals surface area (Å²) < 4.78 is 24.3. The molecule has 0 bridgehead atoms. The average molecular weight is 277 g/mol. The van der Waals surface area contributed by atoms with E-state index in [1.807, 2.05) is 0 Å². The normalized spacial score (nSPS) is 17.5. The van der Waals surface area contributed by atoms with Crippen LogP contribution in [0, 0.1) is 5.82 Å². The van der Waals surface area contributed by atoms with Gasteiger partial charge in [-0.15, -0.1) is 0 Å². The molecule has 106 valence electrons. The fourth-order valence-corrected chi connectivity index (χ4v) is 2.71. The van der Waals surface area contributed by atoms with Crippen molar-refractivity contribution in [3.63, 3.8) is 0 Å². The Morgan fingerprint density at radius 2 is 2.10 bits per heavy atom. The molecule has 0 saturated heterocycles. The minimum Gasteiger partial charge on any atom is -0.396 e. The van der Waals surface area contributed by atoms with Crippen LogP contribution in [0.25, 0.3) is 11.5 Å². The first-order valence-electron chi connectivity index (χ1n) is 6.60. The third-order valence-electron chi connectivity index (χ3n) is 3.92. The molecule has 2 aromatic rings. The van der Waals surface area contributed by atoms with Gasteiger partial charge in [0, 0.05) is 7.11 Å². The zero-order chi connectivity index (χ0) is 14.2. The molecular weight excluding hydrogens is 261 g/mol. The SMILES string of the molecule is COC1(c2noc(-c3cccc(F)c3N)n2)CCCC1. The van der Waals surface area contributed by atoms with Gasteiger partial charge in [-0.05, 0) is 37.8 Å². The van der Waals surface area contributed by atoms with Crippen molar-refractivity contribution < 1.29 is 13.7 Å². The van der Waals surface area contributed by atoms with E-state index >= 15 is 0 Å². The Bertz CT molecular complexity index is 621. The molecule has 6 heteroatoms. The van der Waals surface area contributed by atoms with Crippen LogP contribution in [-0.4, -0.2) is 17.3 Å². The Hall–Kier alpha value is -1.95. The van der Waals surface area contributed by atoms with Crippen molar-refractivity contribution in [1.82, 2.24) is 10.1 Å². The molecule has 3 rings (SSSR count). The number of ether oxygens (including phenoxy) is 1. The van der Waals surface area contributed by atoms with E-state index < -0.39 is 11.4 Å². The third-order valence-corrected chi connectivity index (χ3v) is 3.92. The first-order valence-corrected chi connectivity index (χ1v) is 6.60. The molecule has 0 radical (unpaired) electrons. The largest absolute Gasteiger partial charge is 0.396 e. The van der Waals surface area contributed by atoms with Crippen molar-refractivity contribution in [3.05, 3.63) is 29.8 Å². The Morgan fingerprint density at radius 1 is 1.35 bits per heavy atom. The fourth-order valence-electron chi connectivity index (χ4n) is 2.71. The molecule has 5 nitrogen and oxygen atoms in total. The smallest absolute Gasteiger partial charge is 0.260 e. The van der Waals surface area contributed by atoms with Crippen LogP contribution in [0.3, 0.4) is 0 Å². The second-order valence-electron chi connectivity index (χ2n) is 5.03. The summed E-state index contributed by atoms with van der Waals surface area (Å²) >= 11 is 0. The van der Waals surface area contributed by atoms with Gasteiger partial charge in [-0.3, -0.25) is 0 Å². The van der Waals surface area contributed by atoms with Crippen molar-refractivity contribution in [2.45, 2.75) is 31.3 Å². The molecule has 0 unspecified atom stereocenters. The lowest BCUT2D eigenvalue weighted by molar-refractivity contribution is -0.0178. The summed E-state index contributed by atoms with van der Waals surface area (Å²) in [6.45, 7) is 0. The molecule has 1 aromatic carbocycles. The quantitative estimate of drug-likeness (QED) is 0.873. The van der Waals surface area contributed by atoms with Crippen LogP contribution < -0.4 is 5.73 Å². The van der Waals surface area contributed by atoms with Crippen molar-refractivity contribution in [3.8, 4) is 11.5 Å². The maximum absolute atomic E-state index is 13.5. The standard InChI is InChI=1S/C14H16FN3O2/c1-19-14(7-2-3-8-14)13-17-12(20-18-13)9-5-4-6-10(15)11(9)16/h4-6H,2-3,7-8,16H2,1H3. The lowest BCUT2D eigenvalue weighted by atomic mass is 10.0. The number of nitrogens with two attached hydrogens (primary N) is 1. The number of para-hydroxylation sites is 1. The summed E-state index contributed by atoms with van der Waals surface area (Å²) in [4.78, 5) is 4.36. The monoisotopic (exact) mass is 277 g/mol. The number of hydrogen-bond donors (Lipinski definition) is 1. The van der Waals surface area contributed by atoms with E-state index in [0.29, 0.717) is 11.4 Å². The summed E-state index contributed by atoms with van der Waals surface area (Å²) in [7, 11) is 1.65. The van der Waals surface area contributed by atoms with Gasteiger partial charge in [0.2, 0.25) is 5.82 Å². The summed E-state index contributed by atoms with van der Waals surface area (Å²) in [5.74, 6) is 0.237. The van der Waals surface area contributed by atoms with Gasteiger partial charge in [0.1, 0.15) is 11.4 Å². The number of rotatable bonds is 3. The van der Waals surface area contributed by atoms with E-state index in [1.54, 1.807) is 19.2 Å². The number of halogens is 1. The zero-order valence-electron chi connectivity index (χ0n) is 11.2. The molecule has 1 aliphatic carbocycles. The lowest BCUT2D eigenvalue weighted by Crippen LogP contribution is -2.25. The Labute approximate surface area is 115 Å². The molecule has 0 aliphatic heterocycles. The van der Waals surface area contributed by atoms with Crippen LogP contribution >= 0.6 is 0 Å². The molecule has 0 spiro atoms. The maximum Gasteiger partial charge on any atom is 0.260 e. The highest BCUT2D eigenvalue weighted by Gasteiger charge is 2.40. The van der Waals surface area contributed by atoms with Crippen molar-refractivity contribution in [2.75, 3.05) is 12.8 Å². The van der Waals surface area contributed by atoms with E-state index in [0.717, 1.165) is 25.7 Å². The van der Waals surface area contributed by atoms with Crippen molar-refractivity contribution in [1.29, 1.82) is 0 Å². The second-order valence-corrected chi connectivity index (χ2v) is 5.03. The minimum atomic E-state index is -0.496. The van der Waals surface area contributed by atoms with Crippen LogP contribution in [-0.2, 0) is 10.3 Å². The van der Waals surface area contributed by atoms with E-state index in [2.05, 4.69) is 10.1 Å². The molecule has 1 aliphatic rings. The van der Waals surface area contributed by atoms with E-state index in [-0.39, 0.29) is 11.6 Å². The molecule has 1 heterocycles. The molecular formula is C14H16FN3O2. The molecule has 0 atom stereocenters. The van der Waals surface area contributed by atoms with Crippen molar-refractivity contribution >= 4 is 5.69 Å². The van der Waals surface area contributed by atoms with Gasteiger partial charge < -0.3 is 15.0 Å². The van der Waals surface area contributed by atoms with Crippen molar-refractivity contribution in [2.24, 2.45) is 0 Å². The summed E-state index contributed by atoms with van der Waals surface area (Å²) in [6.07, 6.45) is 3.86. The number of aromatic nitrogens is 2. The van der Waals surface area contributed by atoms with Gasteiger partial charge >= 0.3 is 0 Å². The summed E-state index contributed by atoms with van der Waals surface area (Å²) in [5, 5.41) is 4.00. The average Bonchev–Trinajstić information content (AvgIpc) is 3.10. The topological polar surface area (TPSA) is 74.2 Å². The van der Waals surface area contributed by atoms with Gasteiger partial charge in [0.05, 0.1) is 11.3 Å². The predicted molar refractivity (Wildman–Crippen MR) is 71.3 cm³/mol. The highest BCUT2D eigenvalue weighted by molar-refractivity contribution is 5.70. The van der Waals surface area contributed by atoms with Gasteiger partial charge in [-0.25, -0.2) is 4.39 Å². The number of hydrogen-bond acceptors (Lipinski definition) is 5. The number of nitrogens with zero attached hydrogens (tertiary/aromatic N) is 2. The Kier molecular flexibility index (Phi) is 3.17. The molecule has 20 heavy (non-hydrogen) atoms. The number of methoxy groups -OCH3 is 1. The molecule has 0 amide bonds. The maximum atomic E-state index is 13.5. The first-order chi connectivity index (χ1) is 9.66. The minimum absolute atomic E-state index is 0.0144. The van der Waals surface area contributed by atoms with Gasteiger partial charge in [-0.2, -0.15) is 4.98 Å². The fraction of sp³-hybridized carbons (Fsp3) is 0.429. The van der Waals surface area contributed by atoms with Gasteiger partial charge in [0.25, 0.3) is 5.89 Å². The number of anilines is 1. The molecule has 2 N–H and O–H groups in total. The second kappa shape index (κ2) is 4.86. The Morgan fingerprint density at radius 3 is 2.80 bits per heavy atom. The third kappa shape index (κ3) is 1.96. The molecule has 1 saturated carbocycles. The zero-order valence-corrected chi connectivity index (χ0v) is 11.2. The van der Waals surface area contributed by atoms with E-state index in [9.17, 15) is 4.39 Å². The van der Waals surface area contributed by atoms with Crippen LogP contribution in [0.1, 0.15) is 31.5 Å².